The highest BCUT2D eigenvalue weighted by molar-refractivity contribution is 5.98. The fraction of sp³-hybridized carbons (Fsp3) is 0.444. The second-order valence-corrected chi connectivity index (χ2v) is 8.26. The third-order valence-electron chi connectivity index (χ3n) is 5.88. The molecule has 0 heterocycles. The lowest BCUT2D eigenvalue weighted by atomic mass is 9.86. The summed E-state index contributed by atoms with van der Waals surface area (Å²) in [6, 6.07) is 15.5. The molecule has 3 rings (SSSR count). The lowest BCUT2D eigenvalue weighted by Crippen LogP contribution is -2.33. The van der Waals surface area contributed by atoms with Crippen LogP contribution in [0.2, 0.25) is 0 Å². The molecule has 0 amide bonds. The van der Waals surface area contributed by atoms with Crippen LogP contribution in [0, 0.1) is 0 Å². The van der Waals surface area contributed by atoms with E-state index in [-0.39, 0.29) is 13.0 Å². The van der Waals surface area contributed by atoms with E-state index in [1.807, 2.05) is 48.5 Å². The molecule has 0 fully saturated rings. The summed E-state index contributed by atoms with van der Waals surface area (Å²) >= 11 is 0. The first-order valence-corrected chi connectivity index (χ1v) is 11.6. The quantitative estimate of drug-likeness (QED) is 0.280. The highest BCUT2D eigenvalue weighted by Crippen LogP contribution is 2.34. The number of hydrogen-bond acceptors (Lipinski definition) is 4. The molecule has 2 aromatic carbocycles. The predicted octanol–water partition coefficient (Wildman–Crippen LogP) is 5.97. The molecule has 7 heteroatoms. The lowest BCUT2D eigenvalue weighted by molar-refractivity contribution is -0.142. The molecule has 3 unspecified atom stereocenters. The SMILES string of the molecule is CCOCCC(F)C(F)C(F)COC(=O)C1=C(C)c2ccc(OCc3ccccc3)cc2CC1. The third-order valence-corrected chi connectivity index (χ3v) is 5.88. The van der Waals surface area contributed by atoms with Crippen molar-refractivity contribution < 1.29 is 32.2 Å². The molecule has 0 saturated carbocycles. The number of carbonyl (C=O) groups is 1. The summed E-state index contributed by atoms with van der Waals surface area (Å²) < 4.78 is 57.7. The van der Waals surface area contributed by atoms with Crippen LogP contribution in [0.4, 0.5) is 13.2 Å². The number of aryl methyl sites for hydroxylation is 1. The Hall–Kier alpha value is -2.80. The number of alkyl halides is 3. The molecule has 3 atom stereocenters. The van der Waals surface area contributed by atoms with Gasteiger partial charge in [-0.25, -0.2) is 18.0 Å². The van der Waals surface area contributed by atoms with Crippen molar-refractivity contribution in [1.29, 1.82) is 0 Å². The molecule has 0 bridgehead atoms. The van der Waals surface area contributed by atoms with E-state index >= 15 is 0 Å². The highest BCUT2D eigenvalue weighted by atomic mass is 19.2. The van der Waals surface area contributed by atoms with Gasteiger partial charge in [0.2, 0.25) is 0 Å². The Morgan fingerprint density at radius 1 is 1.03 bits per heavy atom. The van der Waals surface area contributed by atoms with Crippen LogP contribution in [-0.4, -0.2) is 44.3 Å². The highest BCUT2D eigenvalue weighted by Gasteiger charge is 2.31. The number of allylic oxidation sites excluding steroid dienone is 1. The average molecular weight is 477 g/mol. The van der Waals surface area contributed by atoms with Crippen LogP contribution < -0.4 is 4.74 Å². The molecule has 1 aliphatic carbocycles. The topological polar surface area (TPSA) is 44.8 Å². The van der Waals surface area contributed by atoms with Gasteiger partial charge >= 0.3 is 5.97 Å². The smallest absolute Gasteiger partial charge is 0.334 e. The molecular formula is C27H31F3O4. The van der Waals surface area contributed by atoms with Crippen molar-refractivity contribution in [3.8, 4) is 5.75 Å². The van der Waals surface area contributed by atoms with E-state index in [1.165, 1.54) is 0 Å². The van der Waals surface area contributed by atoms with Crippen LogP contribution in [0.5, 0.6) is 5.75 Å². The summed E-state index contributed by atoms with van der Waals surface area (Å²) in [5, 5.41) is 0. The van der Waals surface area contributed by atoms with Crippen LogP contribution in [0.15, 0.2) is 54.1 Å². The minimum atomic E-state index is -2.37. The standard InChI is InChI=1S/C27H31F3O4/c1-3-32-14-13-24(28)26(30)25(29)17-34-27(31)23-11-9-20-15-21(10-12-22(20)18(23)2)33-16-19-7-5-4-6-8-19/h4-8,10,12,15,24-26H,3,9,11,13-14,16-17H2,1-2H3. The van der Waals surface area contributed by atoms with Gasteiger partial charge in [-0.15, -0.1) is 0 Å². The summed E-state index contributed by atoms with van der Waals surface area (Å²) in [6.45, 7) is 3.54. The first-order valence-electron chi connectivity index (χ1n) is 11.6. The van der Waals surface area contributed by atoms with Crippen LogP contribution >= 0.6 is 0 Å². The van der Waals surface area contributed by atoms with Crippen molar-refractivity contribution >= 4 is 11.5 Å². The maximum Gasteiger partial charge on any atom is 0.334 e. The summed E-state index contributed by atoms with van der Waals surface area (Å²) in [5.74, 6) is 0.0351. The molecule has 184 valence electrons. The number of benzene rings is 2. The number of esters is 1. The maximum absolute atomic E-state index is 14.1. The van der Waals surface area contributed by atoms with Crippen molar-refractivity contribution in [2.45, 2.75) is 58.2 Å². The zero-order chi connectivity index (χ0) is 24.5. The Balaban J connectivity index is 1.56. The number of ether oxygens (including phenoxy) is 3. The minimum absolute atomic E-state index is 0.00902. The zero-order valence-electron chi connectivity index (χ0n) is 19.6. The van der Waals surface area contributed by atoms with E-state index in [1.54, 1.807) is 13.8 Å². The van der Waals surface area contributed by atoms with Crippen LogP contribution in [-0.2, 0) is 27.3 Å². The summed E-state index contributed by atoms with van der Waals surface area (Å²) in [7, 11) is 0. The van der Waals surface area contributed by atoms with Gasteiger partial charge in [0.15, 0.2) is 12.3 Å². The number of halogens is 3. The molecule has 0 aliphatic heterocycles. The van der Waals surface area contributed by atoms with E-state index in [4.69, 9.17) is 14.2 Å². The largest absolute Gasteiger partial charge is 0.489 e. The van der Waals surface area contributed by atoms with E-state index in [0.717, 1.165) is 28.0 Å². The van der Waals surface area contributed by atoms with E-state index < -0.39 is 31.1 Å². The fourth-order valence-electron chi connectivity index (χ4n) is 3.90. The van der Waals surface area contributed by atoms with Gasteiger partial charge in [-0.3, -0.25) is 0 Å². The fourth-order valence-corrected chi connectivity index (χ4v) is 3.90. The van der Waals surface area contributed by atoms with Crippen molar-refractivity contribution in [3.63, 3.8) is 0 Å². The molecule has 0 N–H and O–H groups in total. The Labute approximate surface area is 198 Å². The number of hydrogen-bond donors (Lipinski definition) is 0. The van der Waals surface area contributed by atoms with Crippen LogP contribution in [0.3, 0.4) is 0 Å². The molecule has 0 aromatic heterocycles. The van der Waals surface area contributed by atoms with E-state index in [9.17, 15) is 18.0 Å². The van der Waals surface area contributed by atoms with Gasteiger partial charge in [-0.2, -0.15) is 0 Å². The normalized spacial score (nSPS) is 15.9. The monoisotopic (exact) mass is 476 g/mol. The first-order chi connectivity index (χ1) is 16.4. The predicted molar refractivity (Wildman–Crippen MR) is 125 cm³/mol. The van der Waals surface area contributed by atoms with Crippen LogP contribution in [0.1, 0.15) is 43.4 Å². The van der Waals surface area contributed by atoms with Gasteiger partial charge in [0.05, 0.1) is 0 Å². The first kappa shape index (κ1) is 25.8. The number of carbonyl (C=O) groups excluding carboxylic acids is 1. The summed E-state index contributed by atoms with van der Waals surface area (Å²) in [5.41, 5.74) is 4.15. The Morgan fingerprint density at radius 2 is 1.79 bits per heavy atom. The van der Waals surface area contributed by atoms with Crippen molar-refractivity contribution in [2.75, 3.05) is 19.8 Å². The van der Waals surface area contributed by atoms with Gasteiger partial charge in [0.25, 0.3) is 0 Å². The van der Waals surface area contributed by atoms with E-state index in [2.05, 4.69) is 0 Å². The van der Waals surface area contributed by atoms with Crippen molar-refractivity contribution in [3.05, 3.63) is 70.8 Å². The zero-order valence-corrected chi connectivity index (χ0v) is 19.6. The summed E-state index contributed by atoms with van der Waals surface area (Å²) in [4.78, 5) is 12.5. The molecule has 0 saturated heterocycles. The molecule has 1 aliphatic rings. The minimum Gasteiger partial charge on any atom is -0.489 e. The second-order valence-electron chi connectivity index (χ2n) is 8.26. The van der Waals surface area contributed by atoms with Crippen LogP contribution in [0.25, 0.3) is 5.57 Å². The van der Waals surface area contributed by atoms with Gasteiger partial charge in [0.1, 0.15) is 25.1 Å². The Kier molecular flexibility index (Phi) is 9.57. The van der Waals surface area contributed by atoms with E-state index in [0.29, 0.717) is 31.6 Å². The molecule has 34 heavy (non-hydrogen) atoms. The molecule has 0 radical (unpaired) electrons. The van der Waals surface area contributed by atoms with Gasteiger partial charge in [0, 0.05) is 25.2 Å². The number of rotatable bonds is 12. The van der Waals surface area contributed by atoms with Crippen molar-refractivity contribution in [1.82, 2.24) is 0 Å². The number of fused-ring (bicyclic) bond motifs is 1. The molecule has 0 spiro atoms. The summed E-state index contributed by atoms with van der Waals surface area (Å²) in [6.07, 6.45) is -5.86. The molecule has 2 aromatic rings. The third kappa shape index (κ3) is 6.86. The molecule has 4 nitrogen and oxygen atoms in total. The van der Waals surface area contributed by atoms with Gasteiger partial charge < -0.3 is 14.2 Å². The molecular weight excluding hydrogens is 445 g/mol. The Morgan fingerprint density at radius 3 is 2.53 bits per heavy atom. The Bertz CT molecular complexity index is 977. The average Bonchev–Trinajstić information content (AvgIpc) is 2.86. The lowest BCUT2D eigenvalue weighted by Gasteiger charge is -2.22. The maximum atomic E-state index is 14.1. The van der Waals surface area contributed by atoms with Gasteiger partial charge in [-0.05, 0) is 61.1 Å². The van der Waals surface area contributed by atoms with Crippen molar-refractivity contribution in [2.24, 2.45) is 0 Å². The second kappa shape index (κ2) is 12.6. The van der Waals surface area contributed by atoms with Gasteiger partial charge in [-0.1, -0.05) is 36.4 Å².